The van der Waals surface area contributed by atoms with Gasteiger partial charge in [-0.15, -0.1) is 0 Å². The lowest BCUT2D eigenvalue weighted by atomic mass is 9.97. The smallest absolute Gasteiger partial charge is 0.274 e. The number of likely N-dealkylation sites (tertiary alicyclic amines) is 1. The van der Waals surface area contributed by atoms with Crippen LogP contribution in [0.3, 0.4) is 0 Å². The number of halogens is 3. The Labute approximate surface area is 236 Å². The summed E-state index contributed by atoms with van der Waals surface area (Å²) in [4.78, 5) is 44.1. The topological polar surface area (TPSA) is 147 Å². The highest BCUT2D eigenvalue weighted by Gasteiger charge is 2.36. The molecule has 0 bridgehead atoms. The van der Waals surface area contributed by atoms with E-state index >= 15 is 0 Å². The van der Waals surface area contributed by atoms with Crippen molar-refractivity contribution in [1.82, 2.24) is 30.1 Å². The minimum atomic E-state index is -0.760. The Balaban J connectivity index is 1.21. The number of nitrogens with two attached hydrogens (primary N) is 2. The maximum Gasteiger partial charge on any atom is 0.274 e. The number of nitrogens with one attached hydrogen (secondary N) is 1. The first-order chi connectivity index (χ1) is 18.7. The van der Waals surface area contributed by atoms with E-state index in [9.17, 15) is 14.0 Å². The summed E-state index contributed by atoms with van der Waals surface area (Å²) >= 11 is 12.6. The molecule has 1 atom stereocenters. The molecule has 3 aliphatic rings. The predicted molar refractivity (Wildman–Crippen MR) is 147 cm³/mol. The summed E-state index contributed by atoms with van der Waals surface area (Å²) in [5, 5.41) is 2.93. The summed E-state index contributed by atoms with van der Waals surface area (Å²) in [5.41, 5.74) is 11.6. The number of pyridine rings is 1. The Morgan fingerprint density at radius 2 is 1.74 bits per heavy atom. The number of hydrogen-bond donors (Lipinski definition) is 3. The van der Waals surface area contributed by atoms with Crippen molar-refractivity contribution < 1.29 is 14.0 Å². The highest BCUT2D eigenvalue weighted by molar-refractivity contribution is 6.33. The Hall–Kier alpha value is -2.96. The fourth-order valence-electron chi connectivity index (χ4n) is 5.37. The van der Waals surface area contributed by atoms with Gasteiger partial charge in [0.2, 0.25) is 0 Å². The summed E-state index contributed by atoms with van der Waals surface area (Å²) in [5.74, 6) is -1.24. The lowest BCUT2D eigenvalue weighted by Crippen LogP contribution is -2.58. The molecule has 2 aliphatic heterocycles. The first kappa shape index (κ1) is 27.6. The third-order valence-corrected chi connectivity index (χ3v) is 8.24. The van der Waals surface area contributed by atoms with Crippen molar-refractivity contribution in [2.45, 2.75) is 57.2 Å². The van der Waals surface area contributed by atoms with Crippen molar-refractivity contribution in [3.63, 3.8) is 0 Å². The van der Waals surface area contributed by atoms with Gasteiger partial charge in [-0.2, -0.15) is 0 Å². The van der Waals surface area contributed by atoms with E-state index in [0.29, 0.717) is 32.0 Å². The molecule has 0 aromatic carbocycles. The zero-order valence-corrected chi connectivity index (χ0v) is 23.2. The molecule has 39 heavy (non-hydrogen) atoms. The quantitative estimate of drug-likeness (QED) is 0.439. The molecular formula is C25H32Cl2FN9O2. The summed E-state index contributed by atoms with van der Waals surface area (Å²) in [6, 6.07) is 1.75. The van der Waals surface area contributed by atoms with Crippen molar-refractivity contribution in [3.8, 4) is 0 Å². The number of carbonyl (C=O) groups is 2. The van der Waals surface area contributed by atoms with Gasteiger partial charge < -0.3 is 26.6 Å². The van der Waals surface area contributed by atoms with Gasteiger partial charge in [-0.3, -0.25) is 14.5 Å². The Morgan fingerprint density at radius 3 is 2.41 bits per heavy atom. The fourth-order valence-corrected chi connectivity index (χ4v) is 5.85. The lowest BCUT2D eigenvalue weighted by molar-refractivity contribution is 0.0490. The van der Waals surface area contributed by atoms with Crippen molar-refractivity contribution in [1.29, 1.82) is 0 Å². The number of carbonyl (C=O) groups excluding carboxylic acids is 2. The molecule has 5 rings (SSSR count). The first-order valence-electron chi connectivity index (χ1n) is 13.2. The second kappa shape index (κ2) is 11.3. The standard InChI is InChI=1S/C25H32Cl2FN9O2/c1-2-14-12-36(23-20(27)32-18(22(30)34-23)24(38)31-13-3-4-13)9-10-37(14)15-5-7-35(8-6-15)25(39)16-11-17(28)21(29)33-19(16)26/h11,13-15H,2-10,12H2,1H3,(H2,29,33)(H2,30,34)(H,31,38)/t14-/m0/s1. The molecule has 210 valence electrons. The van der Waals surface area contributed by atoms with Gasteiger partial charge in [0.05, 0.1) is 5.56 Å². The second-order valence-electron chi connectivity index (χ2n) is 10.3. The highest BCUT2D eigenvalue weighted by atomic mass is 35.5. The summed E-state index contributed by atoms with van der Waals surface area (Å²) in [6.45, 7) is 5.32. The zero-order valence-electron chi connectivity index (χ0n) is 21.7. The van der Waals surface area contributed by atoms with E-state index in [-0.39, 0.29) is 63.1 Å². The third kappa shape index (κ3) is 5.82. The van der Waals surface area contributed by atoms with Crippen LogP contribution in [0.1, 0.15) is 59.9 Å². The maximum atomic E-state index is 13.9. The normalized spacial score (nSPS) is 20.8. The van der Waals surface area contributed by atoms with Crippen LogP contribution in [0.4, 0.5) is 21.8 Å². The van der Waals surface area contributed by atoms with Crippen molar-refractivity contribution in [3.05, 3.63) is 33.4 Å². The molecule has 0 spiro atoms. The number of piperidine rings is 1. The summed E-state index contributed by atoms with van der Waals surface area (Å²) < 4.78 is 13.9. The molecule has 0 unspecified atom stereocenters. The lowest BCUT2D eigenvalue weighted by Gasteiger charge is -2.47. The van der Waals surface area contributed by atoms with Crippen LogP contribution in [-0.4, -0.2) is 87.4 Å². The van der Waals surface area contributed by atoms with E-state index in [1.54, 1.807) is 4.90 Å². The molecule has 0 radical (unpaired) electrons. The molecule has 1 saturated carbocycles. The van der Waals surface area contributed by atoms with Crippen LogP contribution >= 0.6 is 23.2 Å². The van der Waals surface area contributed by atoms with E-state index in [4.69, 9.17) is 34.7 Å². The van der Waals surface area contributed by atoms with Crippen LogP contribution in [-0.2, 0) is 0 Å². The van der Waals surface area contributed by atoms with Crippen LogP contribution in [0.5, 0.6) is 0 Å². The van der Waals surface area contributed by atoms with E-state index in [1.807, 2.05) is 0 Å². The molecule has 2 saturated heterocycles. The van der Waals surface area contributed by atoms with Crippen molar-refractivity contribution >= 4 is 52.5 Å². The van der Waals surface area contributed by atoms with Crippen LogP contribution in [0, 0.1) is 5.82 Å². The van der Waals surface area contributed by atoms with Crippen LogP contribution < -0.4 is 21.7 Å². The van der Waals surface area contributed by atoms with Crippen molar-refractivity contribution in [2.75, 3.05) is 49.1 Å². The van der Waals surface area contributed by atoms with Gasteiger partial charge >= 0.3 is 0 Å². The first-order valence-corrected chi connectivity index (χ1v) is 14.0. The van der Waals surface area contributed by atoms with Gasteiger partial charge in [0.25, 0.3) is 11.8 Å². The van der Waals surface area contributed by atoms with Gasteiger partial charge in [-0.1, -0.05) is 30.1 Å². The van der Waals surface area contributed by atoms with Gasteiger partial charge in [-0.25, -0.2) is 19.3 Å². The fraction of sp³-hybridized carbons (Fsp3) is 0.560. The number of nitrogens with zero attached hydrogens (tertiary/aromatic N) is 6. The molecule has 1 aliphatic carbocycles. The minimum absolute atomic E-state index is 0.0233. The molecule has 2 amide bonds. The van der Waals surface area contributed by atoms with Crippen LogP contribution in [0.15, 0.2) is 6.07 Å². The van der Waals surface area contributed by atoms with Gasteiger partial charge in [-0.05, 0) is 38.2 Å². The Morgan fingerprint density at radius 1 is 1.03 bits per heavy atom. The predicted octanol–water partition coefficient (Wildman–Crippen LogP) is 2.58. The van der Waals surface area contributed by atoms with Crippen molar-refractivity contribution in [2.24, 2.45) is 0 Å². The average molecular weight is 580 g/mol. The van der Waals surface area contributed by atoms with Gasteiger partial charge in [0.1, 0.15) is 5.15 Å². The molecule has 3 fully saturated rings. The number of rotatable bonds is 6. The molecule has 14 heteroatoms. The molecule has 11 nitrogen and oxygen atoms in total. The second-order valence-corrected chi connectivity index (χ2v) is 11.0. The van der Waals surface area contributed by atoms with E-state index in [2.05, 4.69) is 37.0 Å². The van der Waals surface area contributed by atoms with Gasteiger partial charge in [0.15, 0.2) is 34.1 Å². The van der Waals surface area contributed by atoms with E-state index in [0.717, 1.165) is 44.7 Å². The number of anilines is 3. The van der Waals surface area contributed by atoms with Crippen LogP contribution in [0.2, 0.25) is 10.3 Å². The maximum absolute atomic E-state index is 13.9. The zero-order chi connectivity index (χ0) is 27.8. The van der Waals surface area contributed by atoms with E-state index in [1.165, 1.54) is 0 Å². The monoisotopic (exact) mass is 579 g/mol. The number of hydrogen-bond acceptors (Lipinski definition) is 9. The Bertz CT molecular complexity index is 1270. The molecule has 2 aromatic heterocycles. The molecule has 2 aromatic rings. The summed E-state index contributed by atoms with van der Waals surface area (Å²) in [7, 11) is 0. The SMILES string of the molecule is CC[C@H]1CN(c2nc(N)c(C(=O)NC3CC3)nc2Cl)CCN1C1CCN(C(=O)c2cc(F)c(N)nc2Cl)CC1. The number of nitrogen functional groups attached to an aromatic ring is 2. The van der Waals surface area contributed by atoms with E-state index < -0.39 is 5.82 Å². The Kier molecular flexibility index (Phi) is 7.97. The minimum Gasteiger partial charge on any atom is -0.382 e. The molecule has 5 N–H and O–H groups in total. The summed E-state index contributed by atoms with van der Waals surface area (Å²) in [6.07, 6.45) is 4.38. The highest BCUT2D eigenvalue weighted by Crippen LogP contribution is 2.31. The molecular weight excluding hydrogens is 548 g/mol. The number of piperazine rings is 1. The van der Waals surface area contributed by atoms with Gasteiger partial charge in [0, 0.05) is 50.8 Å². The number of amides is 2. The average Bonchev–Trinajstić information content (AvgIpc) is 3.75. The number of aromatic nitrogens is 3. The van der Waals surface area contributed by atoms with Crippen LogP contribution in [0.25, 0.3) is 0 Å². The molecule has 4 heterocycles. The third-order valence-electron chi connectivity index (χ3n) is 7.70. The largest absolute Gasteiger partial charge is 0.382 e.